The maximum Gasteiger partial charge on any atom is 0.337 e. The van der Waals surface area contributed by atoms with Crippen molar-refractivity contribution in [1.29, 1.82) is 0 Å². The van der Waals surface area contributed by atoms with E-state index in [1.807, 2.05) is 0 Å². The summed E-state index contributed by atoms with van der Waals surface area (Å²) in [5.41, 5.74) is -0.739. The highest BCUT2D eigenvalue weighted by Gasteiger charge is 2.25. The molecule has 0 unspecified atom stereocenters. The number of hydrogen-bond acceptors (Lipinski definition) is 8. The number of carbonyl (C=O) groups is 1. The molecule has 1 heterocycles. The molecule has 34 heavy (non-hydrogen) atoms. The van der Waals surface area contributed by atoms with Gasteiger partial charge in [0.05, 0.1) is 21.7 Å². The Kier molecular flexibility index (Phi) is 5.69. The first-order valence-corrected chi connectivity index (χ1v) is 11.0. The van der Waals surface area contributed by atoms with Crippen LogP contribution in [0.15, 0.2) is 81.9 Å². The molecule has 1 aromatic heterocycles. The predicted octanol–water partition coefficient (Wildman–Crippen LogP) is 4.70. The Labute approximate surface area is 191 Å². The third-order valence-electron chi connectivity index (χ3n) is 4.76. The minimum Gasteiger partial charge on any atom is -0.493 e. The molecule has 3 aromatic carbocycles. The number of sulfonamides is 1. The number of para-hydroxylation sites is 2. The highest BCUT2D eigenvalue weighted by atomic mass is 32.2. The molecule has 0 spiro atoms. The maximum absolute atomic E-state index is 13.1. The number of nitrogens with zero attached hydrogens (tertiary/aromatic N) is 3. The number of nitrogens with one attached hydrogen (secondary N) is 2. The molecular formula is C21H15N5O7S. The summed E-state index contributed by atoms with van der Waals surface area (Å²) in [6.45, 7) is 0. The van der Waals surface area contributed by atoms with Crippen molar-refractivity contribution in [2.75, 3.05) is 4.72 Å². The number of anilines is 1. The number of rotatable bonds is 7. The molecule has 4 aromatic rings. The van der Waals surface area contributed by atoms with Gasteiger partial charge in [-0.25, -0.2) is 13.2 Å². The fraction of sp³-hybridized carbons (Fsp3) is 0. The number of aromatic carboxylic acids is 1. The Bertz CT molecular complexity index is 1580. The fourth-order valence-electron chi connectivity index (χ4n) is 3.19. The number of carboxylic acid groups (broad SMARTS) is 1. The lowest BCUT2D eigenvalue weighted by Gasteiger charge is -2.11. The number of benzene rings is 3. The van der Waals surface area contributed by atoms with E-state index in [0.29, 0.717) is 10.9 Å². The number of H-pyrrole nitrogens is 1. The van der Waals surface area contributed by atoms with Crippen LogP contribution in [0.1, 0.15) is 10.4 Å². The number of nitro benzene ring substituents is 1. The number of carboxylic acids is 1. The van der Waals surface area contributed by atoms with Crippen LogP contribution in [-0.4, -0.2) is 34.5 Å². The Balaban J connectivity index is 1.81. The molecular weight excluding hydrogens is 466 g/mol. The number of aromatic hydroxyl groups is 1. The lowest BCUT2D eigenvalue weighted by molar-refractivity contribution is -0.385. The maximum atomic E-state index is 13.1. The van der Waals surface area contributed by atoms with Gasteiger partial charge in [-0.05, 0) is 24.3 Å². The van der Waals surface area contributed by atoms with E-state index in [1.165, 1.54) is 24.3 Å². The first-order chi connectivity index (χ1) is 16.2. The Morgan fingerprint density at radius 1 is 1.03 bits per heavy atom. The van der Waals surface area contributed by atoms with E-state index in [0.717, 1.165) is 18.2 Å². The van der Waals surface area contributed by atoms with E-state index in [-0.39, 0.29) is 28.5 Å². The van der Waals surface area contributed by atoms with Crippen molar-refractivity contribution in [3.63, 3.8) is 0 Å². The van der Waals surface area contributed by atoms with Crippen molar-refractivity contribution in [2.45, 2.75) is 4.90 Å². The molecule has 4 rings (SSSR count). The summed E-state index contributed by atoms with van der Waals surface area (Å²) in [5, 5.41) is 39.1. The third-order valence-corrected chi connectivity index (χ3v) is 6.16. The molecule has 0 saturated heterocycles. The quantitative estimate of drug-likeness (QED) is 0.167. The van der Waals surface area contributed by atoms with Crippen molar-refractivity contribution >= 4 is 49.6 Å². The largest absolute Gasteiger partial charge is 0.493 e. The molecule has 0 aliphatic carbocycles. The number of aromatic nitrogens is 1. The van der Waals surface area contributed by atoms with Gasteiger partial charge in [-0.1, -0.05) is 30.3 Å². The van der Waals surface area contributed by atoms with Crippen LogP contribution >= 0.6 is 0 Å². The molecule has 172 valence electrons. The zero-order valence-electron chi connectivity index (χ0n) is 17.0. The van der Waals surface area contributed by atoms with E-state index in [2.05, 4.69) is 19.9 Å². The summed E-state index contributed by atoms with van der Waals surface area (Å²) < 4.78 is 28.4. The summed E-state index contributed by atoms with van der Waals surface area (Å²) in [7, 11) is -4.54. The Hall–Kier alpha value is -4.78. The molecule has 4 N–H and O–H groups in total. The van der Waals surface area contributed by atoms with Crippen LogP contribution in [-0.2, 0) is 10.0 Å². The van der Waals surface area contributed by atoms with Gasteiger partial charge in [0.2, 0.25) is 5.88 Å². The molecule has 0 aliphatic heterocycles. The smallest absolute Gasteiger partial charge is 0.337 e. The Morgan fingerprint density at radius 2 is 1.74 bits per heavy atom. The summed E-state index contributed by atoms with van der Waals surface area (Å²) in [4.78, 5) is 24.0. The summed E-state index contributed by atoms with van der Waals surface area (Å²) in [6, 6.07) is 15.0. The second-order valence-electron chi connectivity index (χ2n) is 6.93. The number of non-ortho nitro benzene ring substituents is 1. The minimum absolute atomic E-state index is 0.0430. The number of azo groups is 1. The second kappa shape index (κ2) is 8.63. The zero-order valence-corrected chi connectivity index (χ0v) is 17.9. The lowest BCUT2D eigenvalue weighted by atomic mass is 10.2. The van der Waals surface area contributed by atoms with Crippen molar-refractivity contribution in [2.24, 2.45) is 10.2 Å². The first kappa shape index (κ1) is 22.4. The van der Waals surface area contributed by atoms with Crippen LogP contribution < -0.4 is 4.72 Å². The topological polar surface area (TPSA) is 187 Å². The second-order valence-corrected chi connectivity index (χ2v) is 8.58. The predicted molar refractivity (Wildman–Crippen MR) is 121 cm³/mol. The number of aromatic amines is 1. The third kappa shape index (κ3) is 4.27. The van der Waals surface area contributed by atoms with E-state index in [9.17, 15) is 33.5 Å². The van der Waals surface area contributed by atoms with Crippen LogP contribution in [0.4, 0.5) is 22.7 Å². The number of hydrogen-bond donors (Lipinski definition) is 4. The van der Waals surface area contributed by atoms with Gasteiger partial charge in [0.15, 0.2) is 5.69 Å². The molecule has 0 radical (unpaired) electrons. The molecule has 0 fully saturated rings. The molecule has 0 bridgehead atoms. The average molecular weight is 481 g/mol. The van der Waals surface area contributed by atoms with Crippen LogP contribution in [0, 0.1) is 10.1 Å². The summed E-state index contributed by atoms with van der Waals surface area (Å²) in [6.07, 6.45) is 0. The van der Waals surface area contributed by atoms with Crippen LogP contribution in [0.2, 0.25) is 0 Å². The van der Waals surface area contributed by atoms with Crippen molar-refractivity contribution in [3.05, 3.63) is 82.4 Å². The van der Waals surface area contributed by atoms with Gasteiger partial charge in [0, 0.05) is 17.5 Å². The van der Waals surface area contributed by atoms with E-state index >= 15 is 0 Å². The Morgan fingerprint density at radius 3 is 2.47 bits per heavy atom. The SMILES string of the molecule is O=C(O)c1ccccc1NS(=O)(=O)c1cc([N+](=O)[O-])ccc1N=Nc1c(O)[nH]c2ccccc12. The van der Waals surface area contributed by atoms with Gasteiger partial charge in [0.25, 0.3) is 15.7 Å². The van der Waals surface area contributed by atoms with E-state index in [1.54, 1.807) is 24.3 Å². The monoisotopic (exact) mass is 481 g/mol. The van der Waals surface area contributed by atoms with Crippen molar-refractivity contribution in [3.8, 4) is 5.88 Å². The van der Waals surface area contributed by atoms with Gasteiger partial charge >= 0.3 is 5.97 Å². The highest BCUT2D eigenvalue weighted by molar-refractivity contribution is 7.92. The van der Waals surface area contributed by atoms with Crippen molar-refractivity contribution < 1.29 is 28.3 Å². The van der Waals surface area contributed by atoms with Gasteiger partial charge in [-0.15, -0.1) is 10.2 Å². The molecule has 0 aliphatic rings. The van der Waals surface area contributed by atoms with Crippen LogP contribution in [0.5, 0.6) is 5.88 Å². The normalized spacial score (nSPS) is 11.6. The molecule has 0 atom stereocenters. The number of nitro groups is 1. The van der Waals surface area contributed by atoms with E-state index in [4.69, 9.17) is 0 Å². The van der Waals surface area contributed by atoms with Gasteiger partial charge in [0.1, 0.15) is 10.6 Å². The van der Waals surface area contributed by atoms with Crippen LogP contribution in [0.3, 0.4) is 0 Å². The van der Waals surface area contributed by atoms with Gasteiger partial charge < -0.3 is 15.2 Å². The fourth-order valence-corrected chi connectivity index (χ4v) is 4.43. The first-order valence-electron chi connectivity index (χ1n) is 9.52. The summed E-state index contributed by atoms with van der Waals surface area (Å²) in [5.74, 6) is -1.67. The van der Waals surface area contributed by atoms with Crippen molar-refractivity contribution in [1.82, 2.24) is 4.98 Å². The standard InChI is InChI=1S/C21H15N5O7S/c27-20-19(13-5-1-3-7-15(13)22-20)24-23-17-10-9-12(26(30)31)11-18(17)34(32,33)25-16-8-4-2-6-14(16)21(28)29/h1-11,22,25,27H,(H,28,29). The van der Waals surface area contributed by atoms with E-state index < -0.39 is 31.5 Å². The van der Waals surface area contributed by atoms with Crippen LogP contribution in [0.25, 0.3) is 10.9 Å². The molecule has 12 nitrogen and oxygen atoms in total. The van der Waals surface area contributed by atoms with Gasteiger partial charge in [-0.2, -0.15) is 0 Å². The average Bonchev–Trinajstić information content (AvgIpc) is 3.12. The summed E-state index contributed by atoms with van der Waals surface area (Å²) >= 11 is 0. The molecule has 0 amide bonds. The molecule has 0 saturated carbocycles. The lowest BCUT2D eigenvalue weighted by Crippen LogP contribution is -2.16. The number of fused-ring (bicyclic) bond motifs is 1. The highest BCUT2D eigenvalue weighted by Crippen LogP contribution is 2.38. The van der Waals surface area contributed by atoms with Gasteiger partial charge in [-0.3, -0.25) is 14.8 Å². The minimum atomic E-state index is -4.54. The molecule has 13 heteroatoms. The zero-order chi connectivity index (χ0) is 24.5.